The maximum atomic E-state index is 2.45. The predicted molar refractivity (Wildman–Crippen MR) is 80.3 cm³/mol. The van der Waals surface area contributed by atoms with Crippen LogP contribution in [0, 0.1) is 29.1 Å². The SMILES string of the molecule is CCC(C)(C)CCCC(C)C(C)C(C)C(C)C. The fourth-order valence-electron chi connectivity index (χ4n) is 2.47. The van der Waals surface area contributed by atoms with E-state index in [1.165, 1.54) is 25.7 Å². The van der Waals surface area contributed by atoms with E-state index in [2.05, 4.69) is 55.4 Å². The molecule has 0 nitrogen and oxygen atoms in total. The van der Waals surface area contributed by atoms with Crippen molar-refractivity contribution in [2.75, 3.05) is 0 Å². The van der Waals surface area contributed by atoms with Gasteiger partial charge < -0.3 is 0 Å². The topological polar surface area (TPSA) is 0 Å². The first-order valence-corrected chi connectivity index (χ1v) is 7.71. The lowest BCUT2D eigenvalue weighted by atomic mass is 9.76. The molecule has 0 rings (SSSR count). The maximum absolute atomic E-state index is 2.45. The molecule has 0 heteroatoms. The van der Waals surface area contributed by atoms with Crippen LogP contribution in [0.4, 0.5) is 0 Å². The van der Waals surface area contributed by atoms with Gasteiger partial charge >= 0.3 is 0 Å². The maximum Gasteiger partial charge on any atom is -0.0357 e. The van der Waals surface area contributed by atoms with E-state index in [1.807, 2.05) is 0 Å². The van der Waals surface area contributed by atoms with Crippen molar-refractivity contribution in [2.24, 2.45) is 29.1 Å². The molecule has 0 aliphatic carbocycles. The van der Waals surface area contributed by atoms with E-state index in [0.29, 0.717) is 5.41 Å². The van der Waals surface area contributed by atoms with E-state index in [9.17, 15) is 0 Å². The highest BCUT2D eigenvalue weighted by atomic mass is 14.3. The molecule has 0 aromatic carbocycles. The van der Waals surface area contributed by atoms with Crippen LogP contribution in [-0.4, -0.2) is 0 Å². The summed E-state index contributed by atoms with van der Waals surface area (Å²) in [6.45, 7) is 19.1. The molecule has 0 saturated carbocycles. The van der Waals surface area contributed by atoms with Crippen LogP contribution in [-0.2, 0) is 0 Å². The van der Waals surface area contributed by atoms with Crippen molar-refractivity contribution < 1.29 is 0 Å². The summed E-state index contributed by atoms with van der Waals surface area (Å²) in [7, 11) is 0. The Balaban J connectivity index is 3.98. The minimum Gasteiger partial charge on any atom is -0.0649 e. The van der Waals surface area contributed by atoms with Gasteiger partial charge in [-0.05, 0) is 35.5 Å². The highest BCUT2D eigenvalue weighted by molar-refractivity contribution is 4.72. The Morgan fingerprint density at radius 3 is 1.82 bits per heavy atom. The molecule has 0 radical (unpaired) electrons. The highest BCUT2D eigenvalue weighted by Crippen LogP contribution is 2.32. The van der Waals surface area contributed by atoms with Gasteiger partial charge in [-0.3, -0.25) is 0 Å². The minimum absolute atomic E-state index is 0.548. The second-order valence-electron chi connectivity index (χ2n) is 7.35. The van der Waals surface area contributed by atoms with Gasteiger partial charge in [0.25, 0.3) is 0 Å². The molecule has 0 heterocycles. The summed E-state index contributed by atoms with van der Waals surface area (Å²) in [6, 6.07) is 0. The summed E-state index contributed by atoms with van der Waals surface area (Å²) < 4.78 is 0. The molecular weight excluding hydrogens is 204 g/mol. The van der Waals surface area contributed by atoms with Crippen molar-refractivity contribution in [3.05, 3.63) is 0 Å². The Morgan fingerprint density at radius 1 is 0.882 bits per heavy atom. The van der Waals surface area contributed by atoms with Crippen LogP contribution in [0.2, 0.25) is 0 Å². The molecular formula is C17H36. The molecule has 0 N–H and O–H groups in total. The van der Waals surface area contributed by atoms with Gasteiger partial charge in [0.05, 0.1) is 0 Å². The van der Waals surface area contributed by atoms with Crippen LogP contribution in [0.5, 0.6) is 0 Å². The average molecular weight is 240 g/mol. The first-order chi connectivity index (χ1) is 7.71. The smallest absolute Gasteiger partial charge is 0.0357 e. The van der Waals surface area contributed by atoms with Crippen LogP contribution < -0.4 is 0 Å². The summed E-state index contributed by atoms with van der Waals surface area (Å²) in [5.74, 6) is 3.41. The molecule has 0 bridgehead atoms. The molecule has 0 saturated heterocycles. The van der Waals surface area contributed by atoms with Crippen molar-refractivity contribution in [3.8, 4) is 0 Å². The second kappa shape index (κ2) is 7.44. The standard InChI is InChI=1S/C17H36/c1-9-17(7,8)12-10-11-14(4)16(6)15(5)13(2)3/h13-16H,9-12H2,1-8H3. The summed E-state index contributed by atoms with van der Waals surface area (Å²) in [5.41, 5.74) is 0.548. The first-order valence-electron chi connectivity index (χ1n) is 7.71. The molecule has 0 fully saturated rings. The molecule has 3 atom stereocenters. The van der Waals surface area contributed by atoms with E-state index in [-0.39, 0.29) is 0 Å². The Bertz CT molecular complexity index is 190. The van der Waals surface area contributed by atoms with E-state index in [1.54, 1.807) is 0 Å². The Kier molecular flexibility index (Phi) is 7.44. The fourth-order valence-corrected chi connectivity index (χ4v) is 2.47. The normalized spacial score (nSPS) is 18.2. The molecule has 3 unspecified atom stereocenters. The van der Waals surface area contributed by atoms with Crippen molar-refractivity contribution >= 4 is 0 Å². The van der Waals surface area contributed by atoms with Crippen LogP contribution in [0.25, 0.3) is 0 Å². The van der Waals surface area contributed by atoms with Crippen LogP contribution in [0.15, 0.2) is 0 Å². The zero-order chi connectivity index (χ0) is 13.6. The average Bonchev–Trinajstić information content (AvgIpc) is 2.26. The van der Waals surface area contributed by atoms with Crippen LogP contribution in [0.3, 0.4) is 0 Å². The van der Waals surface area contributed by atoms with Gasteiger partial charge in [-0.25, -0.2) is 0 Å². The second-order valence-corrected chi connectivity index (χ2v) is 7.35. The molecule has 104 valence electrons. The molecule has 0 amide bonds. The third-order valence-electron chi connectivity index (χ3n) is 5.25. The van der Waals surface area contributed by atoms with Gasteiger partial charge in [0, 0.05) is 0 Å². The van der Waals surface area contributed by atoms with Crippen molar-refractivity contribution in [3.63, 3.8) is 0 Å². The molecule has 0 spiro atoms. The largest absolute Gasteiger partial charge is 0.0649 e. The first kappa shape index (κ1) is 17.0. The lowest BCUT2D eigenvalue weighted by Gasteiger charge is -2.30. The Labute approximate surface area is 111 Å². The third-order valence-corrected chi connectivity index (χ3v) is 5.25. The summed E-state index contributed by atoms with van der Waals surface area (Å²) in [5, 5.41) is 0. The number of hydrogen-bond donors (Lipinski definition) is 0. The molecule has 0 aromatic rings. The molecule has 0 aliphatic rings. The minimum atomic E-state index is 0.548. The van der Waals surface area contributed by atoms with Gasteiger partial charge in [-0.2, -0.15) is 0 Å². The van der Waals surface area contributed by atoms with E-state index in [0.717, 1.165) is 23.7 Å². The van der Waals surface area contributed by atoms with Gasteiger partial charge in [0.15, 0.2) is 0 Å². The van der Waals surface area contributed by atoms with Gasteiger partial charge in [-0.15, -0.1) is 0 Å². The van der Waals surface area contributed by atoms with Crippen LogP contribution in [0.1, 0.15) is 81.1 Å². The van der Waals surface area contributed by atoms with E-state index >= 15 is 0 Å². The number of rotatable bonds is 8. The summed E-state index contributed by atoms with van der Waals surface area (Å²) in [6.07, 6.45) is 5.49. The molecule has 0 aliphatic heterocycles. The van der Waals surface area contributed by atoms with E-state index in [4.69, 9.17) is 0 Å². The zero-order valence-corrected chi connectivity index (χ0v) is 13.6. The van der Waals surface area contributed by atoms with Crippen molar-refractivity contribution in [1.82, 2.24) is 0 Å². The van der Waals surface area contributed by atoms with Crippen molar-refractivity contribution in [1.29, 1.82) is 0 Å². The quantitative estimate of drug-likeness (QED) is 0.477. The Hall–Kier alpha value is 0. The lowest BCUT2D eigenvalue weighted by molar-refractivity contribution is 0.202. The number of hydrogen-bond acceptors (Lipinski definition) is 0. The zero-order valence-electron chi connectivity index (χ0n) is 13.6. The predicted octanol–water partition coefficient (Wildman–Crippen LogP) is 6.16. The lowest BCUT2D eigenvalue weighted by Crippen LogP contribution is -2.21. The summed E-state index contributed by atoms with van der Waals surface area (Å²) in [4.78, 5) is 0. The van der Waals surface area contributed by atoms with E-state index < -0.39 is 0 Å². The Morgan fingerprint density at radius 2 is 1.41 bits per heavy atom. The van der Waals surface area contributed by atoms with Gasteiger partial charge in [0.1, 0.15) is 0 Å². The molecule has 17 heavy (non-hydrogen) atoms. The monoisotopic (exact) mass is 240 g/mol. The highest BCUT2D eigenvalue weighted by Gasteiger charge is 2.22. The van der Waals surface area contributed by atoms with Crippen LogP contribution >= 0.6 is 0 Å². The third kappa shape index (κ3) is 6.48. The van der Waals surface area contributed by atoms with Gasteiger partial charge in [-0.1, -0.05) is 74.7 Å². The van der Waals surface area contributed by atoms with Crippen molar-refractivity contribution in [2.45, 2.75) is 81.1 Å². The molecule has 0 aromatic heterocycles. The van der Waals surface area contributed by atoms with Gasteiger partial charge in [0.2, 0.25) is 0 Å². The fraction of sp³-hybridized carbons (Fsp3) is 1.00. The summed E-state index contributed by atoms with van der Waals surface area (Å²) >= 11 is 0.